The van der Waals surface area contributed by atoms with Crippen molar-refractivity contribution in [2.24, 2.45) is 11.8 Å². The molecule has 150 valence electrons. The summed E-state index contributed by atoms with van der Waals surface area (Å²) in [5.74, 6) is -0.878. The first-order valence-corrected chi connectivity index (χ1v) is 9.91. The Balaban J connectivity index is 0.00000676. The van der Waals surface area contributed by atoms with Gasteiger partial charge in [0, 0.05) is 0 Å². The van der Waals surface area contributed by atoms with Gasteiger partial charge in [-0.15, -0.1) is 0 Å². The van der Waals surface area contributed by atoms with Crippen LogP contribution in [0, 0.1) is 11.8 Å². The van der Waals surface area contributed by atoms with E-state index < -0.39 is 27.0 Å². The minimum absolute atomic E-state index is 0. The molecule has 0 fully saturated rings. The Labute approximate surface area is 190 Å². The molecule has 0 aliphatic heterocycles. The monoisotopic (exact) mass is 428 g/mol. The first-order chi connectivity index (χ1) is 12.0. The molecular formula is C18H28CaO7S. The number of esters is 2. The van der Waals surface area contributed by atoms with Gasteiger partial charge in [-0.3, -0.25) is 4.55 Å². The van der Waals surface area contributed by atoms with Crippen molar-refractivity contribution in [1.82, 2.24) is 0 Å². The molecule has 0 amide bonds. The minimum atomic E-state index is -4.60. The van der Waals surface area contributed by atoms with E-state index in [1.165, 1.54) is 6.07 Å². The summed E-state index contributed by atoms with van der Waals surface area (Å²) < 4.78 is 42.3. The molecule has 0 saturated heterocycles. The quantitative estimate of drug-likeness (QED) is 0.366. The van der Waals surface area contributed by atoms with Crippen molar-refractivity contribution in [1.29, 1.82) is 0 Å². The fourth-order valence-electron chi connectivity index (χ4n) is 1.93. The molecule has 0 aromatic heterocycles. The molecule has 1 aromatic carbocycles. The van der Waals surface area contributed by atoms with Gasteiger partial charge >= 0.3 is 49.7 Å². The molecule has 0 aliphatic carbocycles. The second-order valence-corrected chi connectivity index (χ2v) is 8.28. The molecule has 7 nitrogen and oxygen atoms in total. The van der Waals surface area contributed by atoms with E-state index in [1.807, 2.05) is 27.7 Å². The third kappa shape index (κ3) is 9.89. The zero-order valence-corrected chi connectivity index (χ0v) is 16.3. The van der Waals surface area contributed by atoms with Gasteiger partial charge in [0.1, 0.15) is 0 Å². The van der Waals surface area contributed by atoms with Gasteiger partial charge in [-0.25, -0.2) is 9.59 Å². The summed E-state index contributed by atoms with van der Waals surface area (Å²) >= 11 is 0. The molecule has 27 heavy (non-hydrogen) atoms. The zero-order valence-electron chi connectivity index (χ0n) is 15.5. The van der Waals surface area contributed by atoms with Gasteiger partial charge in [0.15, 0.2) is 0 Å². The van der Waals surface area contributed by atoms with Gasteiger partial charge < -0.3 is 9.47 Å². The molecule has 0 radical (unpaired) electrons. The van der Waals surface area contributed by atoms with E-state index in [9.17, 15) is 22.6 Å². The molecule has 9 heteroatoms. The van der Waals surface area contributed by atoms with Crippen molar-refractivity contribution in [2.45, 2.75) is 45.4 Å². The number of hydrogen-bond acceptors (Lipinski definition) is 6. The van der Waals surface area contributed by atoms with Crippen LogP contribution in [0.5, 0.6) is 0 Å². The number of hydrogen-bond donors (Lipinski definition) is 1. The average Bonchev–Trinajstić information content (AvgIpc) is 2.52. The van der Waals surface area contributed by atoms with E-state index >= 15 is 0 Å². The number of carbonyl (C=O) groups excluding carboxylic acids is 2. The topological polar surface area (TPSA) is 107 Å². The summed E-state index contributed by atoms with van der Waals surface area (Å²) in [6.45, 7) is 8.22. The van der Waals surface area contributed by atoms with Crippen LogP contribution in [0.3, 0.4) is 0 Å². The predicted octanol–water partition coefficient (Wildman–Crippen LogP) is 2.42. The number of ether oxygens (including phenoxy) is 2. The van der Waals surface area contributed by atoms with Crippen LogP contribution in [-0.4, -0.2) is 75.9 Å². The van der Waals surface area contributed by atoms with Crippen LogP contribution in [-0.2, 0) is 19.6 Å². The van der Waals surface area contributed by atoms with E-state index in [2.05, 4.69) is 0 Å². The van der Waals surface area contributed by atoms with Crippen molar-refractivity contribution in [2.75, 3.05) is 13.2 Å². The van der Waals surface area contributed by atoms with Crippen molar-refractivity contribution in [3.63, 3.8) is 0 Å². The summed E-state index contributed by atoms with van der Waals surface area (Å²) in [7, 11) is -4.60. The van der Waals surface area contributed by atoms with Crippen molar-refractivity contribution in [3.05, 3.63) is 29.3 Å². The zero-order chi connectivity index (χ0) is 19.9. The van der Waals surface area contributed by atoms with Gasteiger partial charge in [0.05, 0.1) is 29.2 Å². The maximum atomic E-state index is 12.1. The Hall–Kier alpha value is -0.670. The molecule has 0 aliphatic rings. The molecule has 0 atom stereocenters. The molecule has 0 bridgehead atoms. The Bertz CT molecular complexity index is 698. The molecule has 0 saturated carbocycles. The van der Waals surface area contributed by atoms with Crippen molar-refractivity contribution >= 4 is 59.8 Å². The van der Waals surface area contributed by atoms with Gasteiger partial charge in [0.25, 0.3) is 10.1 Å². The summed E-state index contributed by atoms with van der Waals surface area (Å²) in [5, 5.41) is 0. The number of rotatable bonds is 9. The van der Waals surface area contributed by atoms with Gasteiger partial charge in [-0.1, -0.05) is 27.7 Å². The summed E-state index contributed by atoms with van der Waals surface area (Å²) in [4.78, 5) is 23.7. The summed E-state index contributed by atoms with van der Waals surface area (Å²) in [6, 6.07) is 3.14. The van der Waals surface area contributed by atoms with E-state index in [-0.39, 0.29) is 62.1 Å². The van der Waals surface area contributed by atoms with Gasteiger partial charge in [0.2, 0.25) is 0 Å². The van der Waals surface area contributed by atoms with E-state index in [4.69, 9.17) is 9.47 Å². The fourth-order valence-corrected chi connectivity index (χ4v) is 2.48. The van der Waals surface area contributed by atoms with Crippen LogP contribution in [0.1, 0.15) is 61.3 Å². The van der Waals surface area contributed by atoms with Crippen LogP contribution in [0.4, 0.5) is 0 Å². The first-order valence-electron chi connectivity index (χ1n) is 8.47. The van der Waals surface area contributed by atoms with Crippen molar-refractivity contribution in [3.8, 4) is 0 Å². The van der Waals surface area contributed by atoms with Crippen LogP contribution in [0.2, 0.25) is 0 Å². The Morgan fingerprint density at radius 3 is 1.56 bits per heavy atom. The Morgan fingerprint density at radius 1 is 0.889 bits per heavy atom. The van der Waals surface area contributed by atoms with Crippen LogP contribution < -0.4 is 0 Å². The maximum absolute atomic E-state index is 12.1. The number of carbonyl (C=O) groups is 2. The molecule has 0 spiro atoms. The SMILES string of the molecule is CC(C)CCOC(=O)c1cc(C(=O)OCCC(C)C)cc(S(=O)(=O)O)c1.[CaH2]. The van der Waals surface area contributed by atoms with E-state index in [0.717, 1.165) is 12.1 Å². The Kier molecular flexibility index (Phi) is 11.7. The summed E-state index contributed by atoms with van der Waals surface area (Å²) in [5.41, 5.74) is -0.278. The van der Waals surface area contributed by atoms with E-state index in [1.54, 1.807) is 0 Å². The fraction of sp³-hybridized carbons (Fsp3) is 0.556. The second kappa shape index (κ2) is 12.0. The predicted molar refractivity (Wildman–Crippen MR) is 104 cm³/mol. The Morgan fingerprint density at radius 2 is 1.26 bits per heavy atom. The third-order valence-corrected chi connectivity index (χ3v) is 4.36. The van der Waals surface area contributed by atoms with Crippen molar-refractivity contribution < 1.29 is 32.0 Å². The molecule has 1 N–H and O–H groups in total. The standard InChI is InChI=1S/C18H26O7S.Ca.2H/c1-12(2)5-7-24-17(19)14-9-15(11-16(10-14)26(21,22)23)18(20)25-8-6-13(3)4;;;/h9-13H,5-8H2,1-4H3,(H,21,22,23);;;. The normalized spacial score (nSPS) is 11.2. The molecule has 0 unspecified atom stereocenters. The second-order valence-electron chi connectivity index (χ2n) is 6.86. The first kappa shape index (κ1) is 26.3. The summed E-state index contributed by atoms with van der Waals surface area (Å²) in [6.07, 6.45) is 1.29. The third-order valence-electron chi connectivity index (χ3n) is 3.53. The number of benzene rings is 1. The van der Waals surface area contributed by atoms with Crippen LogP contribution in [0.15, 0.2) is 23.1 Å². The van der Waals surface area contributed by atoms with E-state index in [0.29, 0.717) is 24.7 Å². The molecule has 1 aromatic rings. The average molecular weight is 429 g/mol. The molecule has 1 rings (SSSR count). The van der Waals surface area contributed by atoms with Crippen LogP contribution in [0.25, 0.3) is 0 Å². The molecular weight excluding hydrogens is 400 g/mol. The van der Waals surface area contributed by atoms with Gasteiger partial charge in [-0.05, 0) is 42.9 Å². The van der Waals surface area contributed by atoms with Crippen LogP contribution >= 0.6 is 0 Å². The molecule has 0 heterocycles. The van der Waals surface area contributed by atoms with Gasteiger partial charge in [-0.2, -0.15) is 8.42 Å².